The summed E-state index contributed by atoms with van der Waals surface area (Å²) in [5, 5.41) is 0. The molecule has 0 atom stereocenters. The first-order valence-electron chi connectivity index (χ1n) is 4.19. The van der Waals surface area contributed by atoms with Gasteiger partial charge in [0.1, 0.15) is 0 Å². The molecule has 0 aromatic carbocycles. The molecule has 0 amide bonds. The molecule has 0 aromatic rings. The van der Waals surface area contributed by atoms with Gasteiger partial charge in [0.2, 0.25) is 0 Å². The maximum atomic E-state index is 2.40. The van der Waals surface area contributed by atoms with Gasteiger partial charge in [0.15, 0.2) is 0 Å². The molecular weight excluding hydrogens is 122 g/mol. The molecule has 0 unspecified atom stereocenters. The van der Waals surface area contributed by atoms with Crippen molar-refractivity contribution in [2.45, 2.75) is 46.1 Å². The third kappa shape index (κ3) is 3.89. The van der Waals surface area contributed by atoms with Gasteiger partial charge in [-0.15, -0.1) is 0 Å². The fourth-order valence-corrected chi connectivity index (χ4v) is 0.731. The van der Waals surface area contributed by atoms with Crippen molar-refractivity contribution in [2.24, 2.45) is 0 Å². The second kappa shape index (κ2) is 3.97. The Hall–Kier alpha value is -0.0400. The monoisotopic (exact) mass is 143 g/mol. The smallest absolute Gasteiger partial charge is 0.0122 e. The summed E-state index contributed by atoms with van der Waals surface area (Å²) in [7, 11) is 2.19. The lowest BCUT2D eigenvalue weighted by molar-refractivity contribution is 0.173. The zero-order valence-corrected chi connectivity index (χ0v) is 8.07. The van der Waals surface area contributed by atoms with Crippen molar-refractivity contribution in [3.63, 3.8) is 0 Å². The molecule has 10 heavy (non-hydrogen) atoms. The van der Waals surface area contributed by atoms with Gasteiger partial charge >= 0.3 is 0 Å². The second-order valence-electron chi connectivity index (χ2n) is 3.95. The van der Waals surface area contributed by atoms with Crippen LogP contribution < -0.4 is 0 Å². The zero-order valence-electron chi connectivity index (χ0n) is 8.07. The van der Waals surface area contributed by atoms with E-state index in [0.29, 0.717) is 5.54 Å². The van der Waals surface area contributed by atoms with E-state index in [1.807, 2.05) is 0 Å². The van der Waals surface area contributed by atoms with Gasteiger partial charge in [0, 0.05) is 5.54 Å². The Bertz CT molecular complexity index is 81.2. The van der Waals surface area contributed by atoms with Crippen molar-refractivity contribution in [3.05, 3.63) is 0 Å². The van der Waals surface area contributed by atoms with Gasteiger partial charge in [0.05, 0.1) is 0 Å². The van der Waals surface area contributed by atoms with Crippen molar-refractivity contribution in [1.29, 1.82) is 0 Å². The molecule has 1 heteroatoms. The normalized spacial score (nSPS) is 12.6. The fourth-order valence-electron chi connectivity index (χ4n) is 0.731. The van der Waals surface area contributed by atoms with Crippen LogP contribution in [0.5, 0.6) is 0 Å². The lowest BCUT2D eigenvalue weighted by atomic mass is 10.1. The summed E-state index contributed by atoms with van der Waals surface area (Å²) in [6.07, 6.45) is 2.61. The van der Waals surface area contributed by atoms with Crippen molar-refractivity contribution >= 4 is 0 Å². The van der Waals surface area contributed by atoms with Crippen LogP contribution in [0.4, 0.5) is 0 Å². The number of rotatable bonds is 3. The van der Waals surface area contributed by atoms with Crippen LogP contribution >= 0.6 is 0 Å². The molecule has 0 aliphatic rings. The number of nitrogens with zero attached hydrogens (tertiary/aromatic N) is 1. The Balaban J connectivity index is 3.52. The highest BCUT2D eigenvalue weighted by Gasteiger charge is 2.15. The average Bonchev–Trinajstić information content (AvgIpc) is 1.80. The van der Waals surface area contributed by atoms with Crippen LogP contribution in [0.25, 0.3) is 0 Å². The van der Waals surface area contributed by atoms with Crippen LogP contribution in [0.3, 0.4) is 0 Å². The van der Waals surface area contributed by atoms with Gasteiger partial charge in [0.25, 0.3) is 0 Å². The molecule has 62 valence electrons. The second-order valence-corrected chi connectivity index (χ2v) is 3.95. The summed E-state index contributed by atoms with van der Waals surface area (Å²) in [5.74, 6) is 0. The lowest BCUT2D eigenvalue weighted by Gasteiger charge is -2.31. The lowest BCUT2D eigenvalue weighted by Crippen LogP contribution is -2.38. The molecule has 0 aliphatic carbocycles. The van der Waals surface area contributed by atoms with E-state index < -0.39 is 0 Å². The Morgan fingerprint density at radius 1 is 1.20 bits per heavy atom. The van der Waals surface area contributed by atoms with Crippen LogP contribution in [0, 0.1) is 0 Å². The molecule has 0 radical (unpaired) electrons. The summed E-state index contributed by atoms with van der Waals surface area (Å²) < 4.78 is 0. The molecule has 0 saturated heterocycles. The first kappa shape index (κ1) is 9.96. The Morgan fingerprint density at radius 2 is 1.70 bits per heavy atom. The van der Waals surface area contributed by atoms with E-state index in [9.17, 15) is 0 Å². The van der Waals surface area contributed by atoms with Gasteiger partial charge in [-0.3, -0.25) is 0 Å². The summed E-state index contributed by atoms with van der Waals surface area (Å²) in [5.41, 5.74) is 0.342. The zero-order chi connectivity index (χ0) is 8.20. The van der Waals surface area contributed by atoms with Gasteiger partial charge in [-0.25, -0.2) is 0 Å². The summed E-state index contributed by atoms with van der Waals surface area (Å²) in [4.78, 5) is 2.40. The molecule has 0 aliphatic heterocycles. The Morgan fingerprint density at radius 3 is 2.00 bits per heavy atom. The van der Waals surface area contributed by atoms with Crippen molar-refractivity contribution in [3.8, 4) is 0 Å². The third-order valence-electron chi connectivity index (χ3n) is 1.99. The average molecular weight is 143 g/mol. The minimum Gasteiger partial charge on any atom is -0.302 e. The van der Waals surface area contributed by atoms with Crippen molar-refractivity contribution in [1.82, 2.24) is 4.90 Å². The SMILES string of the molecule is CCCCN(C)C(C)(C)C. The Labute approximate surface area is 65.4 Å². The predicted octanol–water partition coefficient (Wildman–Crippen LogP) is 2.52. The van der Waals surface area contributed by atoms with Gasteiger partial charge in [-0.2, -0.15) is 0 Å². The summed E-state index contributed by atoms with van der Waals surface area (Å²) in [6.45, 7) is 10.2. The fraction of sp³-hybridized carbons (Fsp3) is 1.00. The number of hydrogen-bond donors (Lipinski definition) is 0. The van der Waals surface area contributed by atoms with Gasteiger partial charge in [-0.05, 0) is 40.8 Å². The molecule has 0 fully saturated rings. The summed E-state index contributed by atoms with van der Waals surface area (Å²) >= 11 is 0. The minimum atomic E-state index is 0.342. The summed E-state index contributed by atoms with van der Waals surface area (Å²) in [6, 6.07) is 0. The van der Waals surface area contributed by atoms with Gasteiger partial charge < -0.3 is 4.90 Å². The molecule has 0 rings (SSSR count). The van der Waals surface area contributed by atoms with E-state index >= 15 is 0 Å². The van der Waals surface area contributed by atoms with E-state index in [-0.39, 0.29) is 0 Å². The topological polar surface area (TPSA) is 3.24 Å². The molecule has 0 spiro atoms. The number of unbranched alkanes of at least 4 members (excludes halogenated alkanes) is 1. The molecule has 1 nitrogen and oxygen atoms in total. The highest BCUT2D eigenvalue weighted by Crippen LogP contribution is 2.10. The van der Waals surface area contributed by atoms with Crippen LogP contribution in [-0.2, 0) is 0 Å². The largest absolute Gasteiger partial charge is 0.302 e. The predicted molar refractivity (Wildman–Crippen MR) is 47.3 cm³/mol. The maximum absolute atomic E-state index is 2.40. The number of hydrogen-bond acceptors (Lipinski definition) is 1. The van der Waals surface area contributed by atoms with E-state index in [1.165, 1.54) is 19.4 Å². The van der Waals surface area contributed by atoms with Crippen LogP contribution in [0.2, 0.25) is 0 Å². The highest BCUT2D eigenvalue weighted by molar-refractivity contribution is 4.71. The molecule has 0 heterocycles. The van der Waals surface area contributed by atoms with Crippen LogP contribution in [0.15, 0.2) is 0 Å². The third-order valence-corrected chi connectivity index (χ3v) is 1.99. The molecule has 0 aromatic heterocycles. The molecule has 0 N–H and O–H groups in total. The maximum Gasteiger partial charge on any atom is 0.0122 e. The van der Waals surface area contributed by atoms with Crippen molar-refractivity contribution in [2.75, 3.05) is 13.6 Å². The minimum absolute atomic E-state index is 0.342. The van der Waals surface area contributed by atoms with Crippen LogP contribution in [-0.4, -0.2) is 24.0 Å². The van der Waals surface area contributed by atoms with Gasteiger partial charge in [-0.1, -0.05) is 13.3 Å². The van der Waals surface area contributed by atoms with E-state index in [1.54, 1.807) is 0 Å². The van der Waals surface area contributed by atoms with E-state index in [4.69, 9.17) is 0 Å². The van der Waals surface area contributed by atoms with E-state index in [2.05, 4.69) is 39.6 Å². The molecule has 0 bridgehead atoms. The van der Waals surface area contributed by atoms with E-state index in [0.717, 1.165) is 0 Å². The highest BCUT2D eigenvalue weighted by atomic mass is 15.1. The molecular formula is C9H21N. The van der Waals surface area contributed by atoms with Crippen molar-refractivity contribution < 1.29 is 0 Å². The van der Waals surface area contributed by atoms with Crippen LogP contribution in [0.1, 0.15) is 40.5 Å². The first-order chi connectivity index (χ1) is 4.48. The quantitative estimate of drug-likeness (QED) is 0.587. The Kier molecular flexibility index (Phi) is 3.95. The first-order valence-corrected chi connectivity index (χ1v) is 4.19. The molecule has 0 saturated carbocycles. The standard InChI is InChI=1S/C9H21N/c1-6-7-8-10(5)9(2,3)4/h6-8H2,1-5H3.